The van der Waals surface area contributed by atoms with E-state index in [2.05, 4.69) is 15.9 Å². The molecule has 0 bridgehead atoms. The molecule has 1 aromatic carbocycles. The molecule has 0 radical (unpaired) electrons. The fourth-order valence-corrected chi connectivity index (χ4v) is 4.36. The zero-order valence-corrected chi connectivity index (χ0v) is 17.7. The van der Waals surface area contributed by atoms with Crippen molar-refractivity contribution in [1.82, 2.24) is 4.98 Å². The topological polar surface area (TPSA) is 55.6 Å². The monoisotopic (exact) mass is 460 g/mol. The third-order valence-corrected chi connectivity index (χ3v) is 6.13. The average molecular weight is 461 g/mol. The first-order chi connectivity index (χ1) is 13.7. The summed E-state index contributed by atoms with van der Waals surface area (Å²) in [5, 5.41) is 2.72. The molecule has 1 atom stereocenters. The lowest BCUT2D eigenvalue weighted by Crippen LogP contribution is -2.37. The Balaban J connectivity index is 1.52. The minimum absolute atomic E-state index is 0.0450. The quantitative estimate of drug-likeness (QED) is 0.479. The van der Waals surface area contributed by atoms with Crippen LogP contribution in [0, 0.1) is 0 Å². The van der Waals surface area contributed by atoms with Crippen molar-refractivity contribution in [2.24, 2.45) is 0 Å². The van der Waals surface area contributed by atoms with Crippen molar-refractivity contribution in [1.29, 1.82) is 0 Å². The lowest BCUT2D eigenvalue weighted by Gasteiger charge is -2.23. The number of carbonyl (C=O) groups excluding carboxylic acids is 1. The number of ether oxygens (including phenoxy) is 1. The summed E-state index contributed by atoms with van der Waals surface area (Å²) >= 11 is 4.95. The van der Waals surface area contributed by atoms with Gasteiger partial charge in [0.1, 0.15) is 5.76 Å². The highest BCUT2D eigenvalue weighted by Crippen LogP contribution is 2.30. The summed E-state index contributed by atoms with van der Waals surface area (Å²) in [6.07, 6.45) is 4.70. The maximum absolute atomic E-state index is 13.0. The summed E-state index contributed by atoms with van der Waals surface area (Å²) in [5.41, 5.74) is 1.91. The molecule has 1 amide bonds. The van der Waals surface area contributed by atoms with Crippen LogP contribution in [0.4, 0.5) is 5.13 Å². The van der Waals surface area contributed by atoms with Gasteiger partial charge >= 0.3 is 0 Å². The highest BCUT2D eigenvalue weighted by Gasteiger charge is 2.26. The number of amides is 1. The van der Waals surface area contributed by atoms with Crippen LogP contribution >= 0.6 is 27.3 Å². The second-order valence-electron chi connectivity index (χ2n) is 6.74. The maximum atomic E-state index is 13.0. The van der Waals surface area contributed by atoms with E-state index in [1.807, 2.05) is 41.8 Å². The molecule has 0 aliphatic carbocycles. The Bertz CT molecular complexity index is 902. The predicted molar refractivity (Wildman–Crippen MR) is 114 cm³/mol. The van der Waals surface area contributed by atoms with E-state index in [4.69, 9.17) is 14.1 Å². The number of rotatable bonds is 7. The van der Waals surface area contributed by atoms with Crippen LogP contribution in [0.1, 0.15) is 25.0 Å². The summed E-state index contributed by atoms with van der Waals surface area (Å²) in [7, 11) is 0. The summed E-state index contributed by atoms with van der Waals surface area (Å²) in [4.78, 5) is 19.5. The SMILES string of the molecule is O=C(CCc1ccco1)N(CC1CCCO1)c1nc(-c2ccc(Br)cc2)cs1. The number of anilines is 1. The number of hydrogen-bond donors (Lipinski definition) is 0. The average Bonchev–Trinajstić information content (AvgIpc) is 3.47. The molecule has 4 rings (SSSR count). The van der Waals surface area contributed by atoms with Crippen LogP contribution in [0.25, 0.3) is 11.3 Å². The van der Waals surface area contributed by atoms with E-state index in [1.165, 1.54) is 11.3 Å². The Morgan fingerprint density at radius 2 is 2.14 bits per heavy atom. The number of carbonyl (C=O) groups is 1. The number of nitrogens with zero attached hydrogens (tertiary/aromatic N) is 2. The van der Waals surface area contributed by atoms with Crippen molar-refractivity contribution in [3.63, 3.8) is 0 Å². The molecule has 7 heteroatoms. The molecular weight excluding hydrogens is 440 g/mol. The predicted octanol–water partition coefficient (Wildman–Crippen LogP) is 5.31. The second kappa shape index (κ2) is 9.03. The Labute approximate surface area is 176 Å². The third-order valence-electron chi connectivity index (χ3n) is 4.74. The highest BCUT2D eigenvalue weighted by molar-refractivity contribution is 9.10. The largest absolute Gasteiger partial charge is 0.469 e. The molecule has 5 nitrogen and oxygen atoms in total. The number of hydrogen-bond acceptors (Lipinski definition) is 5. The van der Waals surface area contributed by atoms with Gasteiger partial charge in [-0.25, -0.2) is 4.98 Å². The van der Waals surface area contributed by atoms with Gasteiger partial charge in [-0.05, 0) is 37.1 Å². The van der Waals surface area contributed by atoms with Gasteiger partial charge in [-0.3, -0.25) is 9.69 Å². The molecule has 1 fully saturated rings. The summed E-state index contributed by atoms with van der Waals surface area (Å²) < 4.78 is 12.2. The van der Waals surface area contributed by atoms with E-state index in [0.717, 1.165) is 46.1 Å². The lowest BCUT2D eigenvalue weighted by atomic mass is 10.2. The Morgan fingerprint density at radius 3 is 2.86 bits per heavy atom. The molecule has 0 saturated carbocycles. The summed E-state index contributed by atoms with van der Waals surface area (Å²) in [6, 6.07) is 11.8. The number of thiazole rings is 1. The Hall–Kier alpha value is -1.96. The van der Waals surface area contributed by atoms with Crippen LogP contribution in [0.15, 0.2) is 56.9 Å². The number of halogens is 1. The molecule has 1 unspecified atom stereocenters. The van der Waals surface area contributed by atoms with E-state index >= 15 is 0 Å². The van der Waals surface area contributed by atoms with Crippen molar-refractivity contribution in [3.8, 4) is 11.3 Å². The van der Waals surface area contributed by atoms with Gasteiger partial charge in [-0.1, -0.05) is 28.1 Å². The Morgan fingerprint density at radius 1 is 1.29 bits per heavy atom. The van der Waals surface area contributed by atoms with Gasteiger partial charge in [0.25, 0.3) is 0 Å². The fourth-order valence-electron chi connectivity index (χ4n) is 3.24. The first-order valence-electron chi connectivity index (χ1n) is 9.35. The molecule has 0 spiro atoms. The second-order valence-corrected chi connectivity index (χ2v) is 8.49. The number of aromatic nitrogens is 1. The number of aryl methyl sites for hydroxylation is 1. The minimum atomic E-state index is 0.0450. The standard InChI is InChI=1S/C21H21BrN2O3S/c22-16-7-5-15(6-8-16)19-14-28-21(23-19)24(13-18-4-2-12-27-18)20(25)10-9-17-3-1-11-26-17/h1,3,5-8,11,14,18H,2,4,9-10,12-13H2. The number of benzene rings is 1. The third kappa shape index (κ3) is 4.71. The molecular formula is C21H21BrN2O3S. The van der Waals surface area contributed by atoms with E-state index in [0.29, 0.717) is 19.4 Å². The zero-order chi connectivity index (χ0) is 19.3. The van der Waals surface area contributed by atoms with Crippen molar-refractivity contribution < 1.29 is 13.9 Å². The molecule has 28 heavy (non-hydrogen) atoms. The summed E-state index contributed by atoms with van der Waals surface area (Å²) in [5.74, 6) is 0.865. The zero-order valence-electron chi connectivity index (χ0n) is 15.3. The van der Waals surface area contributed by atoms with Crippen LogP contribution in [-0.4, -0.2) is 30.1 Å². The summed E-state index contributed by atoms with van der Waals surface area (Å²) in [6.45, 7) is 1.31. The van der Waals surface area contributed by atoms with Crippen LogP contribution < -0.4 is 4.90 Å². The molecule has 1 aliphatic rings. The Kier molecular flexibility index (Phi) is 6.24. The van der Waals surface area contributed by atoms with E-state index < -0.39 is 0 Å². The smallest absolute Gasteiger partial charge is 0.229 e. The van der Waals surface area contributed by atoms with Gasteiger partial charge in [-0.15, -0.1) is 11.3 Å². The van der Waals surface area contributed by atoms with Crippen LogP contribution in [-0.2, 0) is 16.0 Å². The molecule has 3 heterocycles. The van der Waals surface area contributed by atoms with E-state index in [-0.39, 0.29) is 12.0 Å². The van der Waals surface area contributed by atoms with E-state index in [1.54, 1.807) is 11.2 Å². The molecule has 1 aliphatic heterocycles. The normalized spacial score (nSPS) is 16.4. The lowest BCUT2D eigenvalue weighted by molar-refractivity contribution is -0.119. The van der Waals surface area contributed by atoms with Crippen molar-refractivity contribution in [2.75, 3.05) is 18.1 Å². The number of furan rings is 1. The van der Waals surface area contributed by atoms with Crippen LogP contribution in [0.2, 0.25) is 0 Å². The van der Waals surface area contributed by atoms with Crippen molar-refractivity contribution >= 4 is 38.3 Å². The van der Waals surface area contributed by atoms with Crippen LogP contribution in [0.3, 0.4) is 0 Å². The fraction of sp³-hybridized carbons (Fsp3) is 0.333. The first-order valence-corrected chi connectivity index (χ1v) is 11.0. The minimum Gasteiger partial charge on any atom is -0.469 e. The van der Waals surface area contributed by atoms with E-state index in [9.17, 15) is 4.79 Å². The molecule has 0 N–H and O–H groups in total. The molecule has 1 saturated heterocycles. The van der Waals surface area contributed by atoms with Crippen LogP contribution in [0.5, 0.6) is 0 Å². The first kappa shape index (κ1) is 19.4. The van der Waals surface area contributed by atoms with Gasteiger partial charge < -0.3 is 9.15 Å². The van der Waals surface area contributed by atoms with Gasteiger partial charge in [0.15, 0.2) is 5.13 Å². The maximum Gasteiger partial charge on any atom is 0.229 e. The van der Waals surface area contributed by atoms with Gasteiger partial charge in [0, 0.05) is 34.9 Å². The van der Waals surface area contributed by atoms with Crippen molar-refractivity contribution in [3.05, 3.63) is 58.3 Å². The molecule has 146 valence electrons. The molecule has 2 aromatic heterocycles. The highest BCUT2D eigenvalue weighted by atomic mass is 79.9. The van der Waals surface area contributed by atoms with Crippen molar-refractivity contribution in [2.45, 2.75) is 31.8 Å². The van der Waals surface area contributed by atoms with Gasteiger partial charge in [0.05, 0.1) is 24.6 Å². The molecule has 3 aromatic rings. The van der Waals surface area contributed by atoms with Gasteiger partial charge in [-0.2, -0.15) is 0 Å². The van der Waals surface area contributed by atoms with Gasteiger partial charge in [0.2, 0.25) is 5.91 Å².